The Hall–Kier alpha value is -2.03. The van der Waals surface area contributed by atoms with E-state index in [9.17, 15) is 9.90 Å². The van der Waals surface area contributed by atoms with Crippen molar-refractivity contribution in [2.75, 3.05) is 0 Å². The van der Waals surface area contributed by atoms with Crippen molar-refractivity contribution in [2.24, 2.45) is 0 Å². The smallest absolute Gasteiger partial charge is 0.153 e. The molecule has 0 aliphatic heterocycles. The summed E-state index contributed by atoms with van der Waals surface area (Å²) in [6.07, 6.45) is 4.53. The number of furan rings is 1. The molecule has 0 unspecified atom stereocenters. The molecule has 0 saturated heterocycles. The number of aryl methyl sites for hydroxylation is 1. The zero-order chi connectivity index (χ0) is 11.5. The van der Waals surface area contributed by atoms with Gasteiger partial charge in [-0.25, -0.2) is 0 Å². The quantitative estimate of drug-likeness (QED) is 0.802. The number of rotatable bonds is 3. The first-order chi connectivity index (χ1) is 7.76. The Morgan fingerprint density at radius 1 is 1.38 bits per heavy atom. The van der Waals surface area contributed by atoms with E-state index >= 15 is 0 Å². The molecule has 1 N–H and O–H groups in total. The predicted molar refractivity (Wildman–Crippen MR) is 60.6 cm³/mol. The third kappa shape index (κ3) is 1.72. The average molecular weight is 216 g/mol. The Morgan fingerprint density at radius 2 is 2.19 bits per heavy atom. The van der Waals surface area contributed by atoms with Crippen LogP contribution in [0.5, 0.6) is 5.75 Å². The highest BCUT2D eigenvalue weighted by Gasteiger charge is 2.09. The van der Waals surface area contributed by atoms with Crippen LogP contribution in [0.25, 0.3) is 11.1 Å². The second-order valence-electron chi connectivity index (χ2n) is 3.56. The molecule has 0 atom stereocenters. The van der Waals surface area contributed by atoms with E-state index < -0.39 is 0 Å². The molecule has 16 heavy (non-hydrogen) atoms. The summed E-state index contributed by atoms with van der Waals surface area (Å²) >= 11 is 0. The van der Waals surface area contributed by atoms with Gasteiger partial charge in [0.1, 0.15) is 5.75 Å². The van der Waals surface area contributed by atoms with Gasteiger partial charge in [-0.05, 0) is 35.7 Å². The fourth-order valence-corrected chi connectivity index (χ4v) is 1.67. The molecular weight excluding hydrogens is 204 g/mol. The minimum atomic E-state index is 0.0738. The van der Waals surface area contributed by atoms with Crippen LogP contribution in [0.1, 0.15) is 22.8 Å². The van der Waals surface area contributed by atoms with Gasteiger partial charge in [-0.2, -0.15) is 0 Å². The third-order valence-corrected chi connectivity index (χ3v) is 2.58. The van der Waals surface area contributed by atoms with Crippen LogP contribution in [0.4, 0.5) is 0 Å². The van der Waals surface area contributed by atoms with Crippen LogP contribution in [0.3, 0.4) is 0 Å². The van der Waals surface area contributed by atoms with Gasteiger partial charge in [0.15, 0.2) is 6.29 Å². The highest BCUT2D eigenvalue weighted by atomic mass is 16.3. The highest BCUT2D eigenvalue weighted by Crippen LogP contribution is 2.29. The maximum absolute atomic E-state index is 10.8. The normalized spacial score (nSPS) is 10.3. The molecule has 1 heterocycles. The van der Waals surface area contributed by atoms with E-state index in [-0.39, 0.29) is 5.75 Å². The Kier molecular flexibility index (Phi) is 2.77. The third-order valence-electron chi connectivity index (χ3n) is 2.58. The summed E-state index contributed by atoms with van der Waals surface area (Å²) in [4.78, 5) is 10.8. The van der Waals surface area contributed by atoms with Crippen LogP contribution in [0, 0.1) is 0 Å². The van der Waals surface area contributed by atoms with Gasteiger partial charge in [-0.15, -0.1) is 0 Å². The predicted octanol–water partition coefficient (Wildman–Crippen LogP) is 3.03. The van der Waals surface area contributed by atoms with Crippen molar-refractivity contribution in [1.29, 1.82) is 0 Å². The summed E-state index contributed by atoms with van der Waals surface area (Å²) in [5, 5.41) is 9.76. The van der Waals surface area contributed by atoms with E-state index in [0.29, 0.717) is 18.3 Å². The van der Waals surface area contributed by atoms with Gasteiger partial charge < -0.3 is 9.52 Å². The second kappa shape index (κ2) is 4.23. The average Bonchev–Trinajstić information content (AvgIpc) is 2.83. The molecule has 3 heteroatoms. The summed E-state index contributed by atoms with van der Waals surface area (Å²) in [5.41, 5.74) is 2.86. The van der Waals surface area contributed by atoms with E-state index in [0.717, 1.165) is 16.7 Å². The van der Waals surface area contributed by atoms with Gasteiger partial charge in [0.2, 0.25) is 0 Å². The first-order valence-corrected chi connectivity index (χ1v) is 5.10. The Bertz CT molecular complexity index is 498. The molecule has 1 aromatic heterocycles. The SMILES string of the molecule is CCc1cc(-c2ccoc2)cc(C=O)c1O. The number of hydrogen-bond donors (Lipinski definition) is 1. The van der Waals surface area contributed by atoms with E-state index in [2.05, 4.69) is 0 Å². The highest BCUT2D eigenvalue weighted by molar-refractivity contribution is 5.83. The summed E-state index contributed by atoms with van der Waals surface area (Å²) in [6, 6.07) is 5.35. The summed E-state index contributed by atoms with van der Waals surface area (Å²) in [5.74, 6) is 0.0738. The first kappa shape index (κ1) is 10.5. The molecule has 0 spiro atoms. The molecular formula is C13H12O3. The Morgan fingerprint density at radius 3 is 2.75 bits per heavy atom. The number of benzene rings is 1. The molecule has 0 amide bonds. The molecule has 0 aliphatic rings. The van der Waals surface area contributed by atoms with Crippen LogP contribution < -0.4 is 0 Å². The number of aromatic hydroxyl groups is 1. The van der Waals surface area contributed by atoms with Crippen molar-refractivity contribution in [3.05, 3.63) is 41.9 Å². The van der Waals surface area contributed by atoms with E-state index in [4.69, 9.17) is 4.42 Å². The van der Waals surface area contributed by atoms with Gasteiger partial charge in [-0.1, -0.05) is 6.92 Å². The zero-order valence-electron chi connectivity index (χ0n) is 8.93. The van der Waals surface area contributed by atoms with Crippen molar-refractivity contribution >= 4 is 6.29 Å². The summed E-state index contributed by atoms with van der Waals surface area (Å²) in [6.45, 7) is 1.93. The summed E-state index contributed by atoms with van der Waals surface area (Å²) < 4.78 is 5.00. The second-order valence-corrected chi connectivity index (χ2v) is 3.56. The van der Waals surface area contributed by atoms with Crippen LogP contribution in [-0.4, -0.2) is 11.4 Å². The van der Waals surface area contributed by atoms with Gasteiger partial charge in [-0.3, -0.25) is 4.79 Å². The monoisotopic (exact) mass is 216 g/mol. The molecule has 3 nitrogen and oxygen atoms in total. The Balaban J connectivity index is 2.60. The lowest BCUT2D eigenvalue weighted by Crippen LogP contribution is -1.90. The van der Waals surface area contributed by atoms with Crippen molar-refractivity contribution < 1.29 is 14.3 Å². The van der Waals surface area contributed by atoms with E-state index in [1.807, 2.05) is 19.1 Å². The van der Waals surface area contributed by atoms with Crippen LogP contribution in [-0.2, 0) is 6.42 Å². The lowest BCUT2D eigenvalue weighted by molar-refractivity contribution is 0.112. The fourth-order valence-electron chi connectivity index (χ4n) is 1.67. The van der Waals surface area contributed by atoms with Crippen LogP contribution >= 0.6 is 0 Å². The van der Waals surface area contributed by atoms with E-state index in [1.54, 1.807) is 18.6 Å². The van der Waals surface area contributed by atoms with Crippen molar-refractivity contribution in [1.82, 2.24) is 0 Å². The lowest BCUT2D eigenvalue weighted by atomic mass is 9.99. The molecule has 82 valence electrons. The molecule has 1 aromatic carbocycles. The first-order valence-electron chi connectivity index (χ1n) is 5.10. The molecule has 0 aliphatic carbocycles. The van der Waals surface area contributed by atoms with Crippen LogP contribution in [0.2, 0.25) is 0 Å². The van der Waals surface area contributed by atoms with Gasteiger partial charge in [0.05, 0.1) is 18.1 Å². The molecule has 2 rings (SSSR count). The minimum Gasteiger partial charge on any atom is -0.507 e. The largest absolute Gasteiger partial charge is 0.507 e. The van der Waals surface area contributed by atoms with E-state index in [1.165, 1.54) is 0 Å². The number of aldehydes is 1. The number of phenolic OH excluding ortho intramolecular Hbond substituents is 1. The number of carbonyl (C=O) groups excluding carboxylic acids is 1. The fraction of sp³-hybridized carbons (Fsp3) is 0.154. The van der Waals surface area contributed by atoms with Crippen LogP contribution in [0.15, 0.2) is 35.1 Å². The maximum Gasteiger partial charge on any atom is 0.153 e. The van der Waals surface area contributed by atoms with Gasteiger partial charge in [0, 0.05) is 5.56 Å². The van der Waals surface area contributed by atoms with Gasteiger partial charge in [0.25, 0.3) is 0 Å². The molecule has 0 fully saturated rings. The Labute approximate surface area is 93.3 Å². The van der Waals surface area contributed by atoms with Crippen molar-refractivity contribution in [3.63, 3.8) is 0 Å². The zero-order valence-corrected chi connectivity index (χ0v) is 8.93. The standard InChI is InChI=1S/C13H12O3/c1-2-9-5-11(10-3-4-16-8-10)6-12(7-14)13(9)15/h3-8,15H,2H2,1H3. The molecule has 0 bridgehead atoms. The number of carbonyl (C=O) groups is 1. The topological polar surface area (TPSA) is 50.4 Å². The number of hydrogen-bond acceptors (Lipinski definition) is 3. The maximum atomic E-state index is 10.8. The molecule has 0 saturated carbocycles. The summed E-state index contributed by atoms with van der Waals surface area (Å²) in [7, 11) is 0. The minimum absolute atomic E-state index is 0.0738. The van der Waals surface area contributed by atoms with Gasteiger partial charge >= 0.3 is 0 Å². The lowest BCUT2D eigenvalue weighted by Gasteiger charge is -2.07. The number of phenols is 1. The molecule has 0 radical (unpaired) electrons. The van der Waals surface area contributed by atoms with Crippen molar-refractivity contribution in [3.8, 4) is 16.9 Å². The van der Waals surface area contributed by atoms with Crippen molar-refractivity contribution in [2.45, 2.75) is 13.3 Å². The molecule has 2 aromatic rings.